The predicted octanol–water partition coefficient (Wildman–Crippen LogP) is 0.981. The fraction of sp³-hybridized carbons (Fsp3) is 0.273. The van der Waals surface area contributed by atoms with Crippen molar-refractivity contribution in [3.63, 3.8) is 0 Å². The second-order valence-corrected chi connectivity index (χ2v) is 3.87. The lowest BCUT2D eigenvalue weighted by molar-refractivity contribution is 0.185. The molecule has 0 fully saturated rings. The first-order valence-electron chi connectivity index (χ1n) is 4.99. The van der Waals surface area contributed by atoms with E-state index in [1.807, 2.05) is 13.8 Å². The van der Waals surface area contributed by atoms with Gasteiger partial charge in [0.25, 0.3) is 0 Å². The standard InChI is InChI=1S/C11H12N2O3/c1-7(2)12-8-5-3-4-6-9(8)13(16)11(15)10(12)14/h3-7,16H,1-2H3. The Labute approximate surface area is 91.1 Å². The number of benzene rings is 1. The Morgan fingerprint density at radius 1 is 1.06 bits per heavy atom. The predicted molar refractivity (Wildman–Crippen MR) is 60.0 cm³/mol. The number of fused-ring (bicyclic) bond motifs is 1. The summed E-state index contributed by atoms with van der Waals surface area (Å²) in [5.74, 6) is 0. The van der Waals surface area contributed by atoms with Crippen LogP contribution in [0.15, 0.2) is 33.9 Å². The van der Waals surface area contributed by atoms with E-state index in [9.17, 15) is 14.8 Å². The summed E-state index contributed by atoms with van der Waals surface area (Å²) < 4.78 is 1.78. The van der Waals surface area contributed by atoms with Crippen LogP contribution < -0.4 is 11.1 Å². The average Bonchev–Trinajstić information content (AvgIpc) is 2.26. The van der Waals surface area contributed by atoms with Crippen molar-refractivity contribution in [1.29, 1.82) is 0 Å². The van der Waals surface area contributed by atoms with Crippen LogP contribution in [0.3, 0.4) is 0 Å². The van der Waals surface area contributed by atoms with E-state index in [1.54, 1.807) is 24.3 Å². The lowest BCUT2D eigenvalue weighted by atomic mass is 10.2. The molecule has 1 N–H and O–H groups in total. The maximum Gasteiger partial charge on any atom is 0.349 e. The molecule has 0 saturated carbocycles. The molecule has 0 bridgehead atoms. The lowest BCUT2D eigenvalue weighted by Gasteiger charge is -2.14. The van der Waals surface area contributed by atoms with E-state index in [4.69, 9.17) is 0 Å². The maximum absolute atomic E-state index is 11.7. The van der Waals surface area contributed by atoms with Gasteiger partial charge in [-0.15, -0.1) is 4.73 Å². The molecule has 5 nitrogen and oxygen atoms in total. The number of aromatic nitrogens is 2. The van der Waals surface area contributed by atoms with Gasteiger partial charge in [-0.2, -0.15) is 0 Å². The third-order valence-electron chi connectivity index (χ3n) is 2.48. The van der Waals surface area contributed by atoms with Gasteiger partial charge in [0.1, 0.15) is 5.52 Å². The second-order valence-electron chi connectivity index (χ2n) is 3.87. The van der Waals surface area contributed by atoms with Crippen LogP contribution in [0.1, 0.15) is 19.9 Å². The van der Waals surface area contributed by atoms with Crippen LogP contribution in [-0.4, -0.2) is 14.5 Å². The number of hydrogen-bond donors (Lipinski definition) is 1. The van der Waals surface area contributed by atoms with Crippen LogP contribution in [0.4, 0.5) is 0 Å². The fourth-order valence-corrected chi connectivity index (χ4v) is 1.77. The molecule has 1 heterocycles. The van der Waals surface area contributed by atoms with E-state index in [1.165, 1.54) is 4.57 Å². The Bertz CT molecular complexity index is 652. The number of hydrogen-bond acceptors (Lipinski definition) is 3. The monoisotopic (exact) mass is 220 g/mol. The third kappa shape index (κ3) is 1.32. The first-order valence-corrected chi connectivity index (χ1v) is 4.99. The summed E-state index contributed by atoms with van der Waals surface area (Å²) in [6.07, 6.45) is 0. The Balaban J connectivity index is 3.11. The van der Waals surface area contributed by atoms with Gasteiger partial charge in [-0.1, -0.05) is 12.1 Å². The van der Waals surface area contributed by atoms with E-state index >= 15 is 0 Å². The zero-order valence-electron chi connectivity index (χ0n) is 9.04. The van der Waals surface area contributed by atoms with Crippen molar-refractivity contribution < 1.29 is 5.21 Å². The van der Waals surface area contributed by atoms with Crippen molar-refractivity contribution in [2.45, 2.75) is 19.9 Å². The lowest BCUT2D eigenvalue weighted by Crippen LogP contribution is -2.41. The van der Waals surface area contributed by atoms with Gasteiger partial charge in [-0.25, -0.2) is 0 Å². The molecule has 0 spiro atoms. The highest BCUT2D eigenvalue weighted by Crippen LogP contribution is 2.12. The summed E-state index contributed by atoms with van der Waals surface area (Å²) in [5.41, 5.74) is -0.756. The Kier molecular flexibility index (Phi) is 2.30. The summed E-state index contributed by atoms with van der Waals surface area (Å²) in [6, 6.07) is 6.61. The van der Waals surface area contributed by atoms with Gasteiger partial charge in [0.05, 0.1) is 5.52 Å². The molecule has 1 aromatic carbocycles. The number of para-hydroxylation sites is 2. The van der Waals surface area contributed by atoms with Crippen LogP contribution in [0.5, 0.6) is 0 Å². The van der Waals surface area contributed by atoms with Gasteiger partial charge >= 0.3 is 11.1 Å². The Hall–Kier alpha value is -2.04. The smallest absolute Gasteiger partial charge is 0.349 e. The average molecular weight is 220 g/mol. The molecule has 1 aromatic heterocycles. The van der Waals surface area contributed by atoms with Gasteiger partial charge < -0.3 is 5.21 Å². The molecule has 84 valence electrons. The van der Waals surface area contributed by atoms with Gasteiger partial charge in [0.15, 0.2) is 0 Å². The first kappa shape index (κ1) is 10.5. The molecular formula is C11H12N2O3. The summed E-state index contributed by atoms with van der Waals surface area (Å²) in [5, 5.41) is 9.54. The molecule has 5 heteroatoms. The summed E-state index contributed by atoms with van der Waals surface area (Å²) in [6.45, 7) is 3.63. The van der Waals surface area contributed by atoms with Gasteiger partial charge in [0.2, 0.25) is 0 Å². The summed E-state index contributed by atoms with van der Waals surface area (Å²) in [7, 11) is 0. The van der Waals surface area contributed by atoms with Crippen molar-refractivity contribution in [1.82, 2.24) is 9.30 Å². The minimum absolute atomic E-state index is 0.133. The Morgan fingerprint density at radius 3 is 2.19 bits per heavy atom. The van der Waals surface area contributed by atoms with Crippen LogP contribution in [0, 0.1) is 0 Å². The molecular weight excluding hydrogens is 208 g/mol. The molecule has 0 aliphatic heterocycles. The maximum atomic E-state index is 11.7. The van der Waals surface area contributed by atoms with Crippen molar-refractivity contribution in [2.75, 3.05) is 0 Å². The summed E-state index contributed by atoms with van der Waals surface area (Å²) in [4.78, 5) is 23.2. The van der Waals surface area contributed by atoms with Gasteiger partial charge in [-0.05, 0) is 26.0 Å². The molecule has 16 heavy (non-hydrogen) atoms. The van der Waals surface area contributed by atoms with Crippen molar-refractivity contribution >= 4 is 11.0 Å². The second kappa shape index (κ2) is 3.52. The van der Waals surface area contributed by atoms with Crippen LogP contribution in [0.25, 0.3) is 11.0 Å². The minimum Gasteiger partial charge on any atom is -0.425 e. The van der Waals surface area contributed by atoms with Crippen molar-refractivity contribution in [3.05, 3.63) is 45.0 Å². The van der Waals surface area contributed by atoms with E-state index in [0.717, 1.165) is 0 Å². The molecule has 0 atom stereocenters. The highest BCUT2D eigenvalue weighted by atomic mass is 16.5. The summed E-state index contributed by atoms with van der Waals surface area (Å²) >= 11 is 0. The molecule has 2 aromatic rings. The largest absolute Gasteiger partial charge is 0.425 e. The molecule has 0 aliphatic carbocycles. The topological polar surface area (TPSA) is 64.2 Å². The van der Waals surface area contributed by atoms with E-state index in [2.05, 4.69) is 0 Å². The molecule has 0 saturated heterocycles. The van der Waals surface area contributed by atoms with E-state index < -0.39 is 11.1 Å². The Morgan fingerprint density at radius 2 is 1.62 bits per heavy atom. The normalized spacial score (nSPS) is 11.2. The molecule has 0 radical (unpaired) electrons. The highest BCUT2D eigenvalue weighted by Gasteiger charge is 2.13. The van der Waals surface area contributed by atoms with E-state index in [-0.39, 0.29) is 6.04 Å². The molecule has 0 aliphatic rings. The van der Waals surface area contributed by atoms with Crippen LogP contribution >= 0.6 is 0 Å². The van der Waals surface area contributed by atoms with Crippen molar-refractivity contribution in [3.8, 4) is 0 Å². The quantitative estimate of drug-likeness (QED) is 0.575. The van der Waals surface area contributed by atoms with Gasteiger partial charge in [0, 0.05) is 6.04 Å². The van der Waals surface area contributed by atoms with Crippen molar-refractivity contribution in [2.24, 2.45) is 0 Å². The molecule has 0 amide bonds. The highest BCUT2D eigenvalue weighted by molar-refractivity contribution is 5.74. The molecule has 0 unspecified atom stereocenters. The zero-order valence-corrected chi connectivity index (χ0v) is 9.04. The zero-order chi connectivity index (χ0) is 11.9. The number of rotatable bonds is 1. The number of nitrogens with zero attached hydrogens (tertiary/aromatic N) is 2. The molecule has 2 rings (SSSR count). The first-order chi connectivity index (χ1) is 7.54. The van der Waals surface area contributed by atoms with Crippen LogP contribution in [0.2, 0.25) is 0 Å². The van der Waals surface area contributed by atoms with Crippen LogP contribution in [-0.2, 0) is 0 Å². The SMILES string of the molecule is CC(C)n1c(=O)c(=O)n(O)c2ccccc21. The third-order valence-corrected chi connectivity index (χ3v) is 2.48. The fourth-order valence-electron chi connectivity index (χ4n) is 1.77. The van der Waals surface area contributed by atoms with Gasteiger partial charge in [-0.3, -0.25) is 14.2 Å². The minimum atomic E-state index is -0.924. The van der Waals surface area contributed by atoms with E-state index in [0.29, 0.717) is 15.8 Å².